The van der Waals surface area contributed by atoms with Crippen LogP contribution in [-0.4, -0.2) is 23.5 Å². The molecule has 0 heterocycles. The average Bonchev–Trinajstić information content (AvgIpc) is 2.96. The SMILES string of the molecule is C=CC(=O)Oc1cc(C(C)C)ccc1C1(OC(=O)C=C)C(=O)c2ccccc2C1=O. The molecule has 0 radical (unpaired) electrons. The minimum Gasteiger partial charge on any atom is -0.434 e. The summed E-state index contributed by atoms with van der Waals surface area (Å²) in [6.45, 7) is 10.6. The lowest BCUT2D eigenvalue weighted by Crippen LogP contribution is -2.43. The van der Waals surface area contributed by atoms with E-state index in [-0.39, 0.29) is 28.4 Å². The smallest absolute Gasteiger partial charge is 0.335 e. The molecule has 6 heteroatoms. The zero-order valence-electron chi connectivity index (χ0n) is 16.6. The first-order chi connectivity index (χ1) is 14.3. The van der Waals surface area contributed by atoms with Gasteiger partial charge in [0, 0.05) is 23.3 Å². The van der Waals surface area contributed by atoms with Crippen molar-refractivity contribution in [3.05, 3.63) is 90.0 Å². The first kappa shape index (κ1) is 20.9. The second kappa shape index (κ2) is 7.91. The number of hydrogen-bond donors (Lipinski definition) is 0. The Bertz CT molecular complexity index is 1060. The van der Waals surface area contributed by atoms with Crippen LogP contribution in [0.2, 0.25) is 0 Å². The van der Waals surface area contributed by atoms with Crippen molar-refractivity contribution in [1.82, 2.24) is 0 Å². The molecule has 0 bridgehead atoms. The molecule has 3 rings (SSSR count). The monoisotopic (exact) mass is 404 g/mol. The highest BCUT2D eigenvalue weighted by Crippen LogP contribution is 2.45. The van der Waals surface area contributed by atoms with Crippen LogP contribution in [-0.2, 0) is 19.9 Å². The number of Topliss-reactive ketones (excluding diaryl/α,β-unsaturated/α-hetero) is 2. The van der Waals surface area contributed by atoms with Gasteiger partial charge in [0.1, 0.15) is 5.75 Å². The minimum atomic E-state index is -2.32. The molecule has 2 aromatic rings. The zero-order valence-corrected chi connectivity index (χ0v) is 16.6. The minimum absolute atomic E-state index is 0.0384. The van der Waals surface area contributed by atoms with Crippen molar-refractivity contribution in [2.45, 2.75) is 25.4 Å². The van der Waals surface area contributed by atoms with Gasteiger partial charge in [-0.2, -0.15) is 0 Å². The fourth-order valence-corrected chi connectivity index (χ4v) is 3.37. The third kappa shape index (κ3) is 3.26. The van der Waals surface area contributed by atoms with E-state index in [0.29, 0.717) is 0 Å². The Morgan fingerprint density at radius 3 is 2.00 bits per heavy atom. The fraction of sp³-hybridized carbons (Fsp3) is 0.167. The third-order valence-corrected chi connectivity index (χ3v) is 4.91. The summed E-state index contributed by atoms with van der Waals surface area (Å²) in [5.74, 6) is -3.16. The Morgan fingerprint density at radius 1 is 0.933 bits per heavy atom. The molecule has 0 amide bonds. The highest BCUT2D eigenvalue weighted by molar-refractivity contribution is 6.33. The number of hydrogen-bond acceptors (Lipinski definition) is 6. The summed E-state index contributed by atoms with van der Waals surface area (Å²) in [6.07, 6.45) is 1.82. The molecule has 0 aliphatic heterocycles. The van der Waals surface area contributed by atoms with Crippen LogP contribution >= 0.6 is 0 Å². The molecule has 1 aliphatic rings. The molecule has 0 fully saturated rings. The molecule has 0 aromatic heterocycles. The Hall–Kier alpha value is -3.80. The van der Waals surface area contributed by atoms with E-state index in [0.717, 1.165) is 17.7 Å². The van der Waals surface area contributed by atoms with E-state index in [9.17, 15) is 19.2 Å². The number of fused-ring (bicyclic) bond motifs is 1. The van der Waals surface area contributed by atoms with Crippen LogP contribution in [0.5, 0.6) is 5.75 Å². The van der Waals surface area contributed by atoms with Crippen LogP contribution in [0.15, 0.2) is 67.8 Å². The summed E-state index contributed by atoms with van der Waals surface area (Å²) < 4.78 is 10.8. The van der Waals surface area contributed by atoms with Crippen molar-refractivity contribution < 1.29 is 28.7 Å². The summed E-state index contributed by atoms with van der Waals surface area (Å²) >= 11 is 0. The summed E-state index contributed by atoms with van der Waals surface area (Å²) in [6, 6.07) is 10.9. The van der Waals surface area contributed by atoms with Gasteiger partial charge >= 0.3 is 11.9 Å². The van der Waals surface area contributed by atoms with Crippen LogP contribution in [0.3, 0.4) is 0 Å². The van der Waals surface area contributed by atoms with Crippen molar-refractivity contribution in [3.63, 3.8) is 0 Å². The molecule has 0 spiro atoms. The molecule has 0 saturated heterocycles. The van der Waals surface area contributed by atoms with Gasteiger partial charge in [-0.1, -0.05) is 57.3 Å². The van der Waals surface area contributed by atoms with Crippen LogP contribution in [0, 0.1) is 0 Å². The van der Waals surface area contributed by atoms with Gasteiger partial charge in [-0.25, -0.2) is 9.59 Å². The zero-order chi connectivity index (χ0) is 22.1. The Balaban J connectivity index is 2.31. The summed E-state index contributed by atoms with van der Waals surface area (Å²) in [5, 5.41) is 0. The Morgan fingerprint density at radius 2 is 1.50 bits per heavy atom. The van der Waals surface area contributed by atoms with Gasteiger partial charge in [0.15, 0.2) is 0 Å². The Kier molecular flexibility index (Phi) is 5.52. The predicted octanol–water partition coefficient (Wildman–Crippen LogP) is 3.91. The van der Waals surface area contributed by atoms with E-state index in [1.54, 1.807) is 24.3 Å². The maximum atomic E-state index is 13.4. The molecule has 1 aliphatic carbocycles. The standard InChI is InChI=1S/C24H20O6/c1-5-20(25)29-19-13-15(14(3)4)11-12-18(19)24(30-21(26)6-2)22(27)16-9-7-8-10-17(16)23(24)28/h5-14H,1-2H2,3-4H3. The van der Waals surface area contributed by atoms with E-state index in [4.69, 9.17) is 9.47 Å². The largest absolute Gasteiger partial charge is 0.434 e. The number of esters is 2. The van der Waals surface area contributed by atoms with Crippen molar-refractivity contribution in [2.24, 2.45) is 0 Å². The lowest BCUT2D eigenvalue weighted by molar-refractivity contribution is -0.146. The molecule has 0 saturated carbocycles. The molecule has 0 N–H and O–H groups in total. The number of rotatable bonds is 6. The van der Waals surface area contributed by atoms with Crippen molar-refractivity contribution >= 4 is 23.5 Å². The third-order valence-electron chi connectivity index (χ3n) is 4.91. The maximum Gasteiger partial charge on any atom is 0.335 e. The molecule has 0 unspecified atom stereocenters. The van der Waals surface area contributed by atoms with Gasteiger partial charge in [-0.3, -0.25) is 9.59 Å². The second-order valence-electron chi connectivity index (χ2n) is 7.05. The first-order valence-corrected chi connectivity index (χ1v) is 9.29. The van der Waals surface area contributed by atoms with Crippen LogP contribution in [0.1, 0.15) is 51.6 Å². The van der Waals surface area contributed by atoms with E-state index < -0.39 is 29.1 Å². The Labute approximate surface area is 173 Å². The highest BCUT2D eigenvalue weighted by Gasteiger charge is 2.59. The quantitative estimate of drug-likeness (QED) is 0.314. The number of carbonyl (C=O) groups excluding carboxylic acids is 4. The summed E-state index contributed by atoms with van der Waals surface area (Å²) in [5.41, 5.74) is -1.32. The summed E-state index contributed by atoms with van der Waals surface area (Å²) in [7, 11) is 0. The number of benzene rings is 2. The van der Waals surface area contributed by atoms with E-state index in [1.807, 2.05) is 13.8 Å². The molecule has 0 atom stereocenters. The summed E-state index contributed by atoms with van der Waals surface area (Å²) in [4.78, 5) is 51.0. The van der Waals surface area contributed by atoms with E-state index >= 15 is 0 Å². The van der Waals surface area contributed by atoms with E-state index in [2.05, 4.69) is 13.2 Å². The van der Waals surface area contributed by atoms with Crippen molar-refractivity contribution in [1.29, 1.82) is 0 Å². The first-order valence-electron chi connectivity index (χ1n) is 9.29. The highest BCUT2D eigenvalue weighted by atomic mass is 16.6. The molecular weight excluding hydrogens is 384 g/mol. The average molecular weight is 404 g/mol. The van der Waals surface area contributed by atoms with Gasteiger partial charge in [-0.15, -0.1) is 0 Å². The maximum absolute atomic E-state index is 13.4. The van der Waals surface area contributed by atoms with Gasteiger partial charge in [0.25, 0.3) is 5.60 Å². The topological polar surface area (TPSA) is 86.7 Å². The number of ether oxygens (including phenoxy) is 2. The number of carbonyl (C=O) groups is 4. The normalized spacial score (nSPS) is 14.2. The number of ketones is 2. The van der Waals surface area contributed by atoms with Gasteiger partial charge in [0.2, 0.25) is 11.6 Å². The molecular formula is C24H20O6. The van der Waals surface area contributed by atoms with Crippen LogP contribution in [0.4, 0.5) is 0 Å². The van der Waals surface area contributed by atoms with Crippen molar-refractivity contribution in [3.8, 4) is 5.75 Å². The molecule has 2 aromatic carbocycles. The van der Waals surface area contributed by atoms with Crippen molar-refractivity contribution in [2.75, 3.05) is 0 Å². The molecule has 152 valence electrons. The van der Waals surface area contributed by atoms with Crippen LogP contribution in [0.25, 0.3) is 0 Å². The second-order valence-corrected chi connectivity index (χ2v) is 7.05. The lowest BCUT2D eigenvalue weighted by atomic mass is 9.86. The van der Waals surface area contributed by atoms with E-state index in [1.165, 1.54) is 18.2 Å². The van der Waals surface area contributed by atoms with Gasteiger partial charge in [0.05, 0.1) is 5.56 Å². The molecule has 30 heavy (non-hydrogen) atoms. The van der Waals surface area contributed by atoms with Crippen LogP contribution < -0.4 is 4.74 Å². The predicted molar refractivity (Wildman–Crippen MR) is 109 cm³/mol. The fourth-order valence-electron chi connectivity index (χ4n) is 3.37. The van der Waals surface area contributed by atoms with Gasteiger partial charge < -0.3 is 9.47 Å². The van der Waals surface area contributed by atoms with Gasteiger partial charge in [-0.05, 0) is 23.6 Å². The molecule has 6 nitrogen and oxygen atoms in total. The lowest BCUT2D eigenvalue weighted by Gasteiger charge is -2.28.